The van der Waals surface area contributed by atoms with Crippen LogP contribution < -0.4 is 10.6 Å². The van der Waals surface area contributed by atoms with E-state index >= 15 is 0 Å². The van der Waals surface area contributed by atoms with Crippen molar-refractivity contribution in [3.63, 3.8) is 0 Å². The lowest BCUT2D eigenvalue weighted by atomic mass is 10.1. The van der Waals surface area contributed by atoms with Crippen LogP contribution in [0.5, 0.6) is 0 Å². The third-order valence-corrected chi connectivity index (χ3v) is 3.20. The second-order valence-corrected chi connectivity index (χ2v) is 5.31. The molecule has 1 rings (SSSR count). The van der Waals surface area contributed by atoms with E-state index in [2.05, 4.69) is 26.6 Å². The van der Waals surface area contributed by atoms with Gasteiger partial charge in [0.15, 0.2) is 0 Å². The minimum Gasteiger partial charge on any atom is -0.481 e. The first-order valence-electron chi connectivity index (χ1n) is 6.00. The number of urea groups is 1. The Kier molecular flexibility index (Phi) is 6.10. The minimum absolute atomic E-state index is 0.0402. The predicted octanol–water partition coefficient (Wildman–Crippen LogP) is 2.59. The topological polar surface area (TPSA) is 122 Å². The number of nitrogens with zero attached hydrogens (tertiary/aromatic N) is 1. The largest absolute Gasteiger partial charge is 0.481 e. The third-order valence-electron chi connectivity index (χ3n) is 2.55. The summed E-state index contributed by atoms with van der Waals surface area (Å²) in [4.78, 5) is 32.2. The van der Waals surface area contributed by atoms with Crippen LogP contribution in [-0.2, 0) is 4.79 Å². The molecule has 1 aromatic carbocycles. The molecule has 0 saturated carbocycles. The molecule has 3 N–H and O–H groups in total. The van der Waals surface area contributed by atoms with Crippen molar-refractivity contribution in [2.24, 2.45) is 5.92 Å². The maximum atomic E-state index is 11.6. The van der Waals surface area contributed by atoms with Crippen LogP contribution >= 0.6 is 15.9 Å². The number of benzene rings is 1. The van der Waals surface area contributed by atoms with Gasteiger partial charge in [-0.3, -0.25) is 14.9 Å². The van der Waals surface area contributed by atoms with Gasteiger partial charge in [0.25, 0.3) is 5.69 Å². The van der Waals surface area contributed by atoms with E-state index in [0.717, 1.165) is 0 Å². The van der Waals surface area contributed by atoms with Gasteiger partial charge in [-0.1, -0.05) is 6.92 Å². The van der Waals surface area contributed by atoms with Crippen LogP contribution in [0.25, 0.3) is 0 Å². The lowest BCUT2D eigenvalue weighted by molar-refractivity contribution is -0.384. The van der Waals surface area contributed by atoms with Gasteiger partial charge in [0, 0.05) is 29.6 Å². The number of amides is 2. The fourth-order valence-electron chi connectivity index (χ4n) is 1.52. The average molecular weight is 360 g/mol. The van der Waals surface area contributed by atoms with E-state index in [0.29, 0.717) is 10.2 Å². The number of hydrogen-bond donors (Lipinski definition) is 3. The fraction of sp³-hybridized carbons (Fsp3) is 0.333. The van der Waals surface area contributed by atoms with Crippen molar-refractivity contribution in [3.8, 4) is 0 Å². The van der Waals surface area contributed by atoms with Crippen molar-refractivity contribution in [2.45, 2.75) is 13.3 Å². The average Bonchev–Trinajstić information content (AvgIpc) is 2.37. The van der Waals surface area contributed by atoms with E-state index in [-0.39, 0.29) is 24.6 Å². The molecule has 0 bridgehead atoms. The van der Waals surface area contributed by atoms with E-state index in [9.17, 15) is 19.7 Å². The lowest BCUT2D eigenvalue weighted by Gasteiger charge is -2.12. The highest BCUT2D eigenvalue weighted by Crippen LogP contribution is 2.26. The molecular formula is C12H14BrN3O5. The highest BCUT2D eigenvalue weighted by atomic mass is 79.9. The minimum atomic E-state index is -0.928. The number of nitro benzene ring substituents is 1. The number of carboxylic acid groups (broad SMARTS) is 1. The second-order valence-electron chi connectivity index (χ2n) is 4.46. The van der Waals surface area contributed by atoms with E-state index in [1.807, 2.05) is 0 Å². The Balaban J connectivity index is 2.55. The highest BCUT2D eigenvalue weighted by molar-refractivity contribution is 9.10. The van der Waals surface area contributed by atoms with Gasteiger partial charge in [0.1, 0.15) is 0 Å². The SMILES string of the molecule is CC(CNC(=O)Nc1ccc([N+](=O)[O-])cc1Br)CC(=O)O. The van der Waals surface area contributed by atoms with Gasteiger partial charge < -0.3 is 15.7 Å². The van der Waals surface area contributed by atoms with Crippen LogP contribution in [0.2, 0.25) is 0 Å². The number of aliphatic carboxylic acids is 1. The number of carboxylic acids is 1. The summed E-state index contributed by atoms with van der Waals surface area (Å²) in [5.74, 6) is -1.13. The smallest absolute Gasteiger partial charge is 0.319 e. The molecule has 1 aromatic rings. The monoisotopic (exact) mass is 359 g/mol. The van der Waals surface area contributed by atoms with Crippen molar-refractivity contribution < 1.29 is 19.6 Å². The maximum absolute atomic E-state index is 11.6. The molecular weight excluding hydrogens is 346 g/mol. The Morgan fingerprint density at radius 3 is 2.67 bits per heavy atom. The zero-order valence-electron chi connectivity index (χ0n) is 11.1. The number of nitro groups is 1. The first-order valence-corrected chi connectivity index (χ1v) is 6.79. The van der Waals surface area contributed by atoms with Crippen molar-refractivity contribution in [2.75, 3.05) is 11.9 Å². The molecule has 0 aliphatic carbocycles. The van der Waals surface area contributed by atoms with E-state index in [1.165, 1.54) is 18.2 Å². The summed E-state index contributed by atoms with van der Waals surface area (Å²) in [6, 6.07) is 3.44. The summed E-state index contributed by atoms with van der Waals surface area (Å²) < 4.78 is 0.380. The summed E-state index contributed by atoms with van der Waals surface area (Å²) in [6.45, 7) is 1.92. The molecule has 0 saturated heterocycles. The number of halogens is 1. The summed E-state index contributed by atoms with van der Waals surface area (Å²) in [5.41, 5.74) is 0.284. The molecule has 1 unspecified atom stereocenters. The summed E-state index contributed by atoms with van der Waals surface area (Å²) >= 11 is 3.13. The summed E-state index contributed by atoms with van der Waals surface area (Å²) in [5, 5.41) is 24.2. The lowest BCUT2D eigenvalue weighted by Crippen LogP contribution is -2.33. The standard InChI is InChI=1S/C12H14BrN3O5/c1-7(4-11(17)18)6-14-12(19)15-10-3-2-8(16(20)21)5-9(10)13/h2-3,5,7H,4,6H2,1H3,(H,17,18)(H2,14,15,19). The molecule has 0 aromatic heterocycles. The predicted molar refractivity (Wildman–Crippen MR) is 79.2 cm³/mol. The van der Waals surface area contributed by atoms with Crippen molar-refractivity contribution in [1.82, 2.24) is 5.32 Å². The van der Waals surface area contributed by atoms with Crippen molar-refractivity contribution >= 4 is 39.3 Å². The number of anilines is 1. The van der Waals surface area contributed by atoms with Gasteiger partial charge in [-0.15, -0.1) is 0 Å². The molecule has 0 heterocycles. The summed E-state index contributed by atoms with van der Waals surface area (Å²) in [7, 11) is 0. The Bertz CT molecular complexity index is 564. The zero-order chi connectivity index (χ0) is 16.0. The normalized spacial score (nSPS) is 11.5. The van der Waals surface area contributed by atoms with Crippen LogP contribution in [0.4, 0.5) is 16.2 Å². The number of hydrogen-bond acceptors (Lipinski definition) is 4. The van der Waals surface area contributed by atoms with E-state index in [4.69, 9.17) is 5.11 Å². The van der Waals surface area contributed by atoms with Crippen LogP contribution in [0, 0.1) is 16.0 Å². The summed E-state index contributed by atoms with van der Waals surface area (Å²) in [6.07, 6.45) is -0.0402. The molecule has 2 amide bonds. The molecule has 1 atom stereocenters. The maximum Gasteiger partial charge on any atom is 0.319 e. The number of carbonyl (C=O) groups excluding carboxylic acids is 1. The van der Waals surface area contributed by atoms with Crippen molar-refractivity contribution in [1.29, 1.82) is 0 Å². The van der Waals surface area contributed by atoms with Gasteiger partial charge in [-0.25, -0.2) is 4.79 Å². The second kappa shape index (κ2) is 7.58. The number of carbonyl (C=O) groups is 2. The number of non-ortho nitro benzene ring substituents is 1. The van der Waals surface area contributed by atoms with Crippen LogP contribution in [0.15, 0.2) is 22.7 Å². The Morgan fingerprint density at radius 1 is 1.48 bits per heavy atom. The van der Waals surface area contributed by atoms with E-state index in [1.54, 1.807) is 6.92 Å². The quantitative estimate of drug-likeness (QED) is 0.532. The number of rotatable bonds is 6. The third kappa shape index (κ3) is 5.78. The molecule has 0 fully saturated rings. The molecule has 114 valence electrons. The van der Waals surface area contributed by atoms with Crippen molar-refractivity contribution in [3.05, 3.63) is 32.8 Å². The zero-order valence-corrected chi connectivity index (χ0v) is 12.7. The molecule has 9 heteroatoms. The van der Waals surface area contributed by atoms with Crippen LogP contribution in [0.3, 0.4) is 0 Å². The van der Waals surface area contributed by atoms with Gasteiger partial charge >= 0.3 is 12.0 Å². The highest BCUT2D eigenvalue weighted by Gasteiger charge is 2.12. The fourth-order valence-corrected chi connectivity index (χ4v) is 1.99. The molecule has 0 spiro atoms. The van der Waals surface area contributed by atoms with Gasteiger partial charge in [-0.05, 0) is 27.9 Å². The molecule has 0 aliphatic rings. The molecule has 0 radical (unpaired) electrons. The Hall–Kier alpha value is -2.16. The Morgan fingerprint density at radius 2 is 2.14 bits per heavy atom. The van der Waals surface area contributed by atoms with E-state index < -0.39 is 16.9 Å². The molecule has 0 aliphatic heterocycles. The first kappa shape index (κ1) is 16.9. The molecule has 21 heavy (non-hydrogen) atoms. The molecule has 8 nitrogen and oxygen atoms in total. The number of nitrogens with one attached hydrogen (secondary N) is 2. The first-order chi connectivity index (χ1) is 9.79. The van der Waals surface area contributed by atoms with Crippen LogP contribution in [0.1, 0.15) is 13.3 Å². The van der Waals surface area contributed by atoms with Gasteiger partial charge in [-0.2, -0.15) is 0 Å². The van der Waals surface area contributed by atoms with Gasteiger partial charge in [0.05, 0.1) is 10.6 Å². The Labute approximate surface area is 128 Å². The van der Waals surface area contributed by atoms with Gasteiger partial charge in [0.2, 0.25) is 0 Å². The van der Waals surface area contributed by atoms with Crippen LogP contribution in [-0.4, -0.2) is 28.6 Å².